The van der Waals surface area contributed by atoms with Crippen molar-refractivity contribution in [1.82, 2.24) is 4.90 Å². The highest BCUT2D eigenvalue weighted by Gasteiger charge is 2.18. The zero-order chi connectivity index (χ0) is 8.97. The second-order valence-corrected chi connectivity index (χ2v) is 3.01. The Morgan fingerprint density at radius 3 is 3.00 bits per heavy atom. The van der Waals surface area contributed by atoms with Crippen LogP contribution in [0, 0.1) is 0 Å². The minimum absolute atomic E-state index is 0.250. The lowest BCUT2D eigenvalue weighted by atomic mass is 10.4. The van der Waals surface area contributed by atoms with Gasteiger partial charge in [-0.2, -0.15) is 0 Å². The van der Waals surface area contributed by atoms with Crippen LogP contribution >= 0.6 is 0 Å². The van der Waals surface area contributed by atoms with Gasteiger partial charge in [0.05, 0.1) is 12.4 Å². The van der Waals surface area contributed by atoms with Crippen LogP contribution < -0.4 is 5.73 Å². The standard InChI is InChI=1S/C8H15N3O/c1-7(9)10-4-6-11-5-2-3-8(11)12/h2-6H2,1H3,(H2,9,10). The second kappa shape index (κ2) is 4.09. The monoisotopic (exact) mass is 169 g/mol. The number of carbonyl (C=O) groups is 1. The Morgan fingerprint density at radius 2 is 2.50 bits per heavy atom. The number of rotatable bonds is 3. The van der Waals surface area contributed by atoms with E-state index >= 15 is 0 Å². The lowest BCUT2D eigenvalue weighted by Crippen LogP contribution is -2.27. The van der Waals surface area contributed by atoms with Crippen molar-refractivity contribution in [3.8, 4) is 0 Å². The summed E-state index contributed by atoms with van der Waals surface area (Å²) in [6, 6.07) is 0. The Balaban J connectivity index is 2.23. The maximum Gasteiger partial charge on any atom is 0.222 e. The maximum atomic E-state index is 11.1. The summed E-state index contributed by atoms with van der Waals surface area (Å²) in [5, 5.41) is 0. The molecule has 0 unspecified atom stereocenters. The lowest BCUT2D eigenvalue weighted by molar-refractivity contribution is -0.127. The van der Waals surface area contributed by atoms with Crippen LogP contribution in [0.2, 0.25) is 0 Å². The van der Waals surface area contributed by atoms with Crippen LogP contribution in [-0.4, -0.2) is 36.3 Å². The fraction of sp³-hybridized carbons (Fsp3) is 0.750. The van der Waals surface area contributed by atoms with Crippen molar-refractivity contribution in [3.63, 3.8) is 0 Å². The summed E-state index contributed by atoms with van der Waals surface area (Å²) in [6.07, 6.45) is 1.69. The first-order chi connectivity index (χ1) is 5.70. The molecule has 4 nitrogen and oxygen atoms in total. The van der Waals surface area contributed by atoms with Crippen molar-refractivity contribution in [2.24, 2.45) is 10.7 Å². The van der Waals surface area contributed by atoms with Crippen molar-refractivity contribution in [1.29, 1.82) is 0 Å². The van der Waals surface area contributed by atoms with Crippen LogP contribution in [-0.2, 0) is 4.79 Å². The third-order valence-electron chi connectivity index (χ3n) is 1.90. The zero-order valence-corrected chi connectivity index (χ0v) is 7.42. The third-order valence-corrected chi connectivity index (χ3v) is 1.90. The molecule has 0 atom stereocenters. The summed E-state index contributed by atoms with van der Waals surface area (Å²) < 4.78 is 0. The van der Waals surface area contributed by atoms with E-state index in [1.54, 1.807) is 6.92 Å². The Labute approximate surface area is 72.4 Å². The lowest BCUT2D eigenvalue weighted by Gasteiger charge is -2.13. The van der Waals surface area contributed by atoms with Gasteiger partial charge in [0, 0.05) is 19.5 Å². The summed E-state index contributed by atoms with van der Waals surface area (Å²) >= 11 is 0. The van der Waals surface area contributed by atoms with Crippen molar-refractivity contribution < 1.29 is 4.79 Å². The van der Waals surface area contributed by atoms with Gasteiger partial charge in [0.1, 0.15) is 0 Å². The molecule has 68 valence electrons. The van der Waals surface area contributed by atoms with Gasteiger partial charge in [-0.25, -0.2) is 0 Å². The van der Waals surface area contributed by atoms with Crippen LogP contribution in [0.15, 0.2) is 4.99 Å². The molecule has 0 radical (unpaired) electrons. The van der Waals surface area contributed by atoms with Crippen molar-refractivity contribution >= 4 is 11.7 Å². The summed E-state index contributed by atoms with van der Waals surface area (Å²) in [4.78, 5) is 17.0. The van der Waals surface area contributed by atoms with Gasteiger partial charge < -0.3 is 10.6 Å². The Kier molecular flexibility index (Phi) is 3.08. The third kappa shape index (κ3) is 2.53. The first-order valence-corrected chi connectivity index (χ1v) is 4.24. The van der Waals surface area contributed by atoms with E-state index in [-0.39, 0.29) is 5.91 Å². The highest BCUT2D eigenvalue weighted by molar-refractivity contribution is 5.78. The van der Waals surface area contributed by atoms with Gasteiger partial charge in [0.15, 0.2) is 0 Å². The van der Waals surface area contributed by atoms with Gasteiger partial charge in [0.2, 0.25) is 5.91 Å². The molecule has 1 amide bonds. The van der Waals surface area contributed by atoms with Crippen LogP contribution in [0.4, 0.5) is 0 Å². The van der Waals surface area contributed by atoms with Crippen LogP contribution in [0.5, 0.6) is 0 Å². The highest BCUT2D eigenvalue weighted by atomic mass is 16.2. The summed E-state index contributed by atoms with van der Waals surface area (Å²) in [5.74, 6) is 0.835. The second-order valence-electron chi connectivity index (χ2n) is 3.01. The first-order valence-electron chi connectivity index (χ1n) is 4.24. The molecule has 0 aromatic rings. The number of amidine groups is 1. The average molecular weight is 169 g/mol. The van der Waals surface area contributed by atoms with Crippen LogP contribution in [0.25, 0.3) is 0 Å². The van der Waals surface area contributed by atoms with Gasteiger partial charge in [0.25, 0.3) is 0 Å². The summed E-state index contributed by atoms with van der Waals surface area (Å²) in [6.45, 7) is 3.99. The zero-order valence-electron chi connectivity index (χ0n) is 7.42. The van der Waals surface area contributed by atoms with E-state index in [2.05, 4.69) is 4.99 Å². The van der Waals surface area contributed by atoms with Gasteiger partial charge in [-0.3, -0.25) is 9.79 Å². The molecule has 0 saturated carbocycles. The van der Waals surface area contributed by atoms with Crippen molar-refractivity contribution in [2.75, 3.05) is 19.6 Å². The minimum atomic E-state index is 0.250. The van der Waals surface area contributed by atoms with Crippen LogP contribution in [0.1, 0.15) is 19.8 Å². The van der Waals surface area contributed by atoms with Gasteiger partial charge in [-0.15, -0.1) is 0 Å². The molecular formula is C8H15N3O. The van der Waals surface area contributed by atoms with Crippen molar-refractivity contribution in [2.45, 2.75) is 19.8 Å². The van der Waals surface area contributed by atoms with E-state index in [4.69, 9.17) is 5.73 Å². The highest BCUT2D eigenvalue weighted by Crippen LogP contribution is 2.08. The normalized spacial score (nSPS) is 18.9. The molecule has 0 spiro atoms. The maximum absolute atomic E-state index is 11.1. The van der Waals surface area contributed by atoms with Gasteiger partial charge in [-0.1, -0.05) is 0 Å². The molecule has 12 heavy (non-hydrogen) atoms. The fourth-order valence-corrected chi connectivity index (χ4v) is 1.29. The molecule has 0 bridgehead atoms. The fourth-order valence-electron chi connectivity index (χ4n) is 1.29. The minimum Gasteiger partial charge on any atom is -0.388 e. The molecule has 0 aromatic heterocycles. The Bertz CT molecular complexity index is 196. The van der Waals surface area contributed by atoms with E-state index in [1.807, 2.05) is 4.90 Å². The van der Waals surface area contributed by atoms with E-state index in [9.17, 15) is 4.79 Å². The molecule has 0 aromatic carbocycles. The molecular weight excluding hydrogens is 154 g/mol. The van der Waals surface area contributed by atoms with Crippen molar-refractivity contribution in [3.05, 3.63) is 0 Å². The molecule has 1 aliphatic rings. The molecule has 1 rings (SSSR count). The average Bonchev–Trinajstić information content (AvgIpc) is 2.36. The topological polar surface area (TPSA) is 58.7 Å². The number of hydrogen-bond acceptors (Lipinski definition) is 2. The molecule has 0 aliphatic carbocycles. The number of aliphatic imine (C=N–C) groups is 1. The van der Waals surface area contributed by atoms with Crippen LogP contribution in [0.3, 0.4) is 0 Å². The molecule has 1 saturated heterocycles. The number of carbonyl (C=O) groups excluding carboxylic acids is 1. The van der Waals surface area contributed by atoms with E-state index in [0.29, 0.717) is 25.3 Å². The largest absolute Gasteiger partial charge is 0.388 e. The molecule has 1 fully saturated rings. The van der Waals surface area contributed by atoms with Gasteiger partial charge in [-0.05, 0) is 13.3 Å². The molecule has 2 N–H and O–H groups in total. The van der Waals surface area contributed by atoms with E-state index < -0.39 is 0 Å². The quantitative estimate of drug-likeness (QED) is 0.477. The number of nitrogens with two attached hydrogens (primary N) is 1. The number of amides is 1. The molecule has 1 aliphatic heterocycles. The first kappa shape index (κ1) is 9.03. The molecule has 4 heteroatoms. The smallest absolute Gasteiger partial charge is 0.222 e. The summed E-state index contributed by atoms with van der Waals surface area (Å²) in [5.41, 5.74) is 5.36. The van der Waals surface area contributed by atoms with E-state index in [1.165, 1.54) is 0 Å². The SMILES string of the molecule is CC(N)=NCCN1CCCC1=O. The Hall–Kier alpha value is -1.06. The van der Waals surface area contributed by atoms with Gasteiger partial charge >= 0.3 is 0 Å². The number of hydrogen-bond donors (Lipinski definition) is 1. The van der Waals surface area contributed by atoms with E-state index in [0.717, 1.165) is 13.0 Å². The predicted molar refractivity (Wildman–Crippen MR) is 48.0 cm³/mol. The molecule has 1 heterocycles. The number of likely N-dealkylation sites (tertiary alicyclic amines) is 1. The Morgan fingerprint density at radius 1 is 1.75 bits per heavy atom. The predicted octanol–water partition coefficient (Wildman–Crippen LogP) is -0.0141. The number of nitrogens with zero attached hydrogens (tertiary/aromatic N) is 2. The summed E-state index contributed by atoms with van der Waals surface area (Å²) in [7, 11) is 0.